The van der Waals surface area contributed by atoms with Gasteiger partial charge in [0.15, 0.2) is 5.78 Å². The van der Waals surface area contributed by atoms with Crippen LogP contribution in [0.1, 0.15) is 64.7 Å². The van der Waals surface area contributed by atoms with Crippen LogP contribution in [0.25, 0.3) is 5.70 Å². The molecule has 0 aromatic heterocycles. The Balaban J connectivity index is 2.08. The van der Waals surface area contributed by atoms with E-state index in [0.717, 1.165) is 49.7 Å². The Morgan fingerprint density at radius 2 is 1.05 bits per heavy atom. The van der Waals surface area contributed by atoms with E-state index in [1.165, 1.54) is 0 Å². The van der Waals surface area contributed by atoms with Crippen LogP contribution in [0.2, 0.25) is 0 Å². The molecule has 0 aliphatic heterocycles. The lowest BCUT2D eigenvalue weighted by molar-refractivity contribution is 0.0975. The van der Waals surface area contributed by atoms with Gasteiger partial charge in [-0.05, 0) is 36.8 Å². The molecular formula is C24H38N12O. The van der Waals surface area contributed by atoms with E-state index in [0.29, 0.717) is 17.8 Å². The minimum absolute atomic E-state index is 0.0978. The molecule has 0 radical (unpaired) electrons. The van der Waals surface area contributed by atoms with Gasteiger partial charge < -0.3 is 68.8 Å². The minimum Gasteiger partial charge on any atom is -0.398 e. The monoisotopic (exact) mass is 510 g/mol. The Labute approximate surface area is 214 Å². The van der Waals surface area contributed by atoms with Crippen LogP contribution in [0.3, 0.4) is 0 Å². The lowest BCUT2D eigenvalue weighted by Crippen LogP contribution is -2.77. The van der Waals surface area contributed by atoms with Gasteiger partial charge in [0.1, 0.15) is 11.3 Å². The molecule has 13 heteroatoms. The van der Waals surface area contributed by atoms with Crippen molar-refractivity contribution in [2.24, 2.45) is 28.7 Å². The summed E-state index contributed by atoms with van der Waals surface area (Å²) in [4.78, 5) is 14.0. The van der Waals surface area contributed by atoms with Gasteiger partial charge in [-0.2, -0.15) is 0 Å². The van der Waals surface area contributed by atoms with Crippen LogP contribution in [0.15, 0.2) is 5.57 Å². The van der Waals surface area contributed by atoms with Crippen molar-refractivity contribution in [2.45, 2.75) is 56.3 Å². The lowest BCUT2D eigenvalue weighted by atomic mass is 9.69. The van der Waals surface area contributed by atoms with Crippen LogP contribution in [-0.4, -0.2) is 11.4 Å². The quantitative estimate of drug-likeness (QED) is 0.125. The van der Waals surface area contributed by atoms with Crippen molar-refractivity contribution in [2.75, 3.05) is 40.1 Å². The zero-order valence-electron chi connectivity index (χ0n) is 20.8. The zero-order valence-corrected chi connectivity index (χ0v) is 20.8. The molecule has 37 heavy (non-hydrogen) atoms. The molecule has 0 bridgehead atoms. The van der Waals surface area contributed by atoms with Crippen molar-refractivity contribution in [3.8, 4) is 0 Å². The third-order valence-electron chi connectivity index (χ3n) is 7.86. The minimum atomic E-state index is -2.25. The van der Waals surface area contributed by atoms with Crippen LogP contribution < -0.4 is 68.8 Å². The molecule has 2 aliphatic carbocycles. The second kappa shape index (κ2) is 8.59. The number of fused-ring (bicyclic) bond motifs is 2. The third-order valence-corrected chi connectivity index (χ3v) is 7.86. The van der Waals surface area contributed by atoms with E-state index < -0.39 is 17.1 Å². The molecule has 0 spiro atoms. The zero-order chi connectivity index (χ0) is 27.6. The molecular weight excluding hydrogens is 472 g/mol. The summed E-state index contributed by atoms with van der Waals surface area (Å²) in [5, 5.41) is 0. The Hall–Kier alpha value is -3.91. The van der Waals surface area contributed by atoms with E-state index in [2.05, 4.69) is 0 Å². The number of rotatable bonds is 1. The highest BCUT2D eigenvalue weighted by Crippen LogP contribution is 2.49. The fourth-order valence-electron chi connectivity index (χ4n) is 5.60. The van der Waals surface area contributed by atoms with E-state index in [4.69, 9.17) is 68.8 Å². The number of carbonyl (C=O) groups is 1. The van der Waals surface area contributed by atoms with Gasteiger partial charge in [-0.3, -0.25) is 4.79 Å². The average molecular weight is 511 g/mol. The van der Waals surface area contributed by atoms with Gasteiger partial charge in [-0.1, -0.05) is 19.3 Å². The first kappa shape index (κ1) is 26.2. The maximum absolute atomic E-state index is 14.0. The molecule has 0 saturated heterocycles. The molecule has 4 rings (SSSR count). The largest absolute Gasteiger partial charge is 0.398 e. The van der Waals surface area contributed by atoms with Gasteiger partial charge in [0, 0.05) is 16.8 Å². The Bertz CT molecular complexity index is 1360. The Morgan fingerprint density at radius 1 is 0.568 bits per heavy atom. The number of hydrogen-bond donors (Lipinski definition) is 12. The summed E-state index contributed by atoms with van der Waals surface area (Å²) in [5.74, 6) is -0.777. The van der Waals surface area contributed by atoms with Crippen molar-refractivity contribution in [3.05, 3.63) is 33.4 Å². The van der Waals surface area contributed by atoms with Crippen molar-refractivity contribution in [3.63, 3.8) is 0 Å². The van der Waals surface area contributed by atoms with Crippen LogP contribution in [-0.2, 0) is 18.5 Å². The van der Waals surface area contributed by atoms with Gasteiger partial charge in [-0.15, -0.1) is 0 Å². The summed E-state index contributed by atoms with van der Waals surface area (Å²) < 4.78 is 0. The number of anilines is 7. The number of carbonyl (C=O) groups excluding carboxylic acids is 1. The van der Waals surface area contributed by atoms with Crippen molar-refractivity contribution in [1.29, 1.82) is 0 Å². The molecule has 0 unspecified atom stereocenters. The number of nitrogens with two attached hydrogens (primary N) is 12. The van der Waals surface area contributed by atoms with E-state index in [1.807, 2.05) is 0 Å². The molecule has 13 nitrogen and oxygen atoms in total. The predicted octanol–water partition coefficient (Wildman–Crippen LogP) is -0.939. The summed E-state index contributed by atoms with van der Waals surface area (Å²) in [6.07, 6.45) is 6.50. The first-order valence-corrected chi connectivity index (χ1v) is 12.1. The highest BCUT2D eigenvalue weighted by molar-refractivity contribution is 6.23. The fraction of sp³-hybridized carbons (Fsp3) is 0.375. The average Bonchev–Trinajstić information content (AvgIpc) is 2.94. The van der Waals surface area contributed by atoms with E-state index in [1.54, 1.807) is 0 Å². The van der Waals surface area contributed by atoms with Crippen molar-refractivity contribution < 1.29 is 4.79 Å². The summed E-state index contributed by atoms with van der Waals surface area (Å²) in [5.41, 5.74) is 73.3. The maximum atomic E-state index is 14.0. The highest BCUT2D eigenvalue weighted by atomic mass is 16.1. The molecule has 0 atom stereocenters. The van der Waals surface area contributed by atoms with Gasteiger partial charge in [0.05, 0.1) is 51.0 Å². The standard InChI is InChI=1S/C24H38N12O/c25-14-8-6-4-2-1-3-5-7-9(8)15(26)18(29)11(14)16(27)13-22(37)10-12(23(33,34)24(13,35)36)19(30)21(32)20(31)17(10)28/h1-7,25-36H2/b16-13+. The summed E-state index contributed by atoms with van der Waals surface area (Å²) in [6.45, 7) is 0. The van der Waals surface area contributed by atoms with Gasteiger partial charge >= 0.3 is 0 Å². The lowest BCUT2D eigenvalue weighted by Gasteiger charge is -2.47. The summed E-state index contributed by atoms with van der Waals surface area (Å²) in [6, 6.07) is 0. The normalized spacial score (nSPS) is 20.3. The second-order valence-electron chi connectivity index (χ2n) is 10.1. The number of ketones is 1. The molecule has 0 amide bonds. The molecule has 2 aromatic carbocycles. The Kier molecular flexibility index (Phi) is 6.07. The third kappa shape index (κ3) is 3.50. The first-order valence-electron chi connectivity index (χ1n) is 12.1. The molecule has 200 valence electrons. The molecule has 24 N–H and O–H groups in total. The topological polar surface area (TPSA) is 329 Å². The van der Waals surface area contributed by atoms with Crippen LogP contribution in [0, 0.1) is 0 Å². The fourth-order valence-corrected chi connectivity index (χ4v) is 5.60. The van der Waals surface area contributed by atoms with Crippen LogP contribution in [0.4, 0.5) is 39.8 Å². The molecule has 0 heterocycles. The van der Waals surface area contributed by atoms with E-state index in [-0.39, 0.29) is 56.4 Å². The van der Waals surface area contributed by atoms with Crippen LogP contribution >= 0.6 is 0 Å². The molecule has 2 aliphatic rings. The summed E-state index contributed by atoms with van der Waals surface area (Å²) in [7, 11) is 0. The Morgan fingerprint density at radius 3 is 1.62 bits per heavy atom. The van der Waals surface area contributed by atoms with E-state index in [9.17, 15) is 4.79 Å². The molecule has 0 saturated carbocycles. The van der Waals surface area contributed by atoms with Gasteiger partial charge in [0.25, 0.3) is 0 Å². The molecule has 0 fully saturated rings. The second-order valence-corrected chi connectivity index (χ2v) is 10.1. The number of benzene rings is 2. The SMILES string of the molecule is N/C(=C1\C(=O)c2c(N)c(N)c(N)c(N)c2C(N)(N)C1(N)N)c1c(N)c(N)c2c(c1N)CCCCCCC2. The van der Waals surface area contributed by atoms with Crippen molar-refractivity contribution in [1.82, 2.24) is 0 Å². The number of nitrogen functional groups attached to an aromatic ring is 7. The number of Topliss-reactive ketones (excluding diaryl/α,β-unsaturated/α-hetero) is 1. The summed E-state index contributed by atoms with van der Waals surface area (Å²) >= 11 is 0. The van der Waals surface area contributed by atoms with Crippen molar-refractivity contribution >= 4 is 51.3 Å². The molecule has 2 aromatic rings. The van der Waals surface area contributed by atoms with Gasteiger partial charge in [0.2, 0.25) is 0 Å². The first-order chi connectivity index (χ1) is 17.2. The maximum Gasteiger partial charge on any atom is 0.197 e. The van der Waals surface area contributed by atoms with Gasteiger partial charge in [-0.25, -0.2) is 0 Å². The number of hydrogen-bond acceptors (Lipinski definition) is 13. The predicted molar refractivity (Wildman–Crippen MR) is 151 cm³/mol. The van der Waals surface area contributed by atoms with Crippen LogP contribution in [0.5, 0.6) is 0 Å². The highest BCUT2D eigenvalue weighted by Gasteiger charge is 2.56. The van der Waals surface area contributed by atoms with E-state index >= 15 is 0 Å². The smallest absolute Gasteiger partial charge is 0.197 e.